The van der Waals surface area contributed by atoms with Crippen LogP contribution in [0.25, 0.3) is 0 Å². The van der Waals surface area contributed by atoms with E-state index in [9.17, 15) is 4.79 Å². The van der Waals surface area contributed by atoms with Crippen molar-refractivity contribution >= 4 is 11.6 Å². The quantitative estimate of drug-likeness (QED) is 0.934. The summed E-state index contributed by atoms with van der Waals surface area (Å²) in [5, 5.41) is 3.11. The maximum Gasteiger partial charge on any atom is 0.272 e. The lowest BCUT2D eigenvalue weighted by molar-refractivity contribution is -0.115. The molecule has 0 unspecified atom stereocenters. The van der Waals surface area contributed by atoms with E-state index in [4.69, 9.17) is 14.5 Å². The van der Waals surface area contributed by atoms with Gasteiger partial charge in [-0.05, 0) is 37.8 Å². The number of aliphatic imine (C=N–C) groups is 1. The molecule has 0 saturated heterocycles. The van der Waals surface area contributed by atoms with Crippen LogP contribution in [0, 0.1) is 0 Å². The van der Waals surface area contributed by atoms with Gasteiger partial charge in [-0.15, -0.1) is 0 Å². The lowest BCUT2D eigenvalue weighted by Gasteiger charge is -2.24. The summed E-state index contributed by atoms with van der Waals surface area (Å²) in [6.45, 7) is 0. The number of hydrogen-bond acceptors (Lipinski definition) is 4. The van der Waals surface area contributed by atoms with E-state index in [1.807, 2.05) is 12.1 Å². The molecule has 1 heterocycles. The molecule has 118 valence electrons. The van der Waals surface area contributed by atoms with Crippen molar-refractivity contribution in [3.63, 3.8) is 0 Å². The molecule has 1 aromatic rings. The number of benzene rings is 1. The van der Waals surface area contributed by atoms with Gasteiger partial charge in [0.2, 0.25) is 0 Å². The third kappa shape index (κ3) is 2.80. The Morgan fingerprint density at radius 1 is 1.00 bits per heavy atom. The Morgan fingerprint density at radius 2 is 1.59 bits per heavy atom. The van der Waals surface area contributed by atoms with Gasteiger partial charge in [0.1, 0.15) is 22.9 Å². The molecular weight excluding hydrogens is 280 g/mol. The van der Waals surface area contributed by atoms with Crippen LogP contribution in [-0.4, -0.2) is 31.5 Å². The molecule has 2 aliphatic rings. The Morgan fingerprint density at radius 3 is 2.14 bits per heavy atom. The minimum absolute atomic E-state index is 0.0998. The Kier molecular flexibility index (Phi) is 4.05. The fourth-order valence-corrected chi connectivity index (χ4v) is 3.25. The van der Waals surface area contributed by atoms with Crippen LogP contribution < -0.4 is 14.8 Å². The van der Waals surface area contributed by atoms with Crippen molar-refractivity contribution in [2.24, 2.45) is 4.99 Å². The van der Waals surface area contributed by atoms with E-state index < -0.39 is 5.66 Å². The largest absolute Gasteiger partial charge is 0.497 e. The van der Waals surface area contributed by atoms with Crippen molar-refractivity contribution in [1.29, 1.82) is 0 Å². The van der Waals surface area contributed by atoms with Crippen LogP contribution >= 0.6 is 0 Å². The van der Waals surface area contributed by atoms with Crippen LogP contribution in [0.15, 0.2) is 23.2 Å². The Balaban J connectivity index is 1.98. The number of carbonyl (C=O) groups excluding carboxylic acids is 1. The topological polar surface area (TPSA) is 59.9 Å². The summed E-state index contributed by atoms with van der Waals surface area (Å²) in [4.78, 5) is 17.2. The number of ether oxygens (including phenoxy) is 2. The Bertz CT molecular complexity index is 580. The molecule has 3 rings (SSSR count). The van der Waals surface area contributed by atoms with Crippen LogP contribution in [0.3, 0.4) is 0 Å². The highest BCUT2D eigenvalue weighted by molar-refractivity contribution is 6.47. The molecule has 1 N–H and O–H groups in total. The number of nitrogens with zero attached hydrogens (tertiary/aromatic N) is 1. The highest BCUT2D eigenvalue weighted by Gasteiger charge is 2.39. The van der Waals surface area contributed by atoms with E-state index in [2.05, 4.69) is 5.32 Å². The van der Waals surface area contributed by atoms with Crippen molar-refractivity contribution < 1.29 is 14.3 Å². The van der Waals surface area contributed by atoms with Gasteiger partial charge in [-0.1, -0.05) is 12.8 Å². The summed E-state index contributed by atoms with van der Waals surface area (Å²) in [6, 6.07) is 5.45. The fraction of sp³-hybridized carbons (Fsp3) is 0.529. The number of methoxy groups -OCH3 is 2. The molecule has 1 aliphatic carbocycles. The maximum atomic E-state index is 12.4. The van der Waals surface area contributed by atoms with Crippen LogP contribution in [0.4, 0.5) is 0 Å². The van der Waals surface area contributed by atoms with Crippen molar-refractivity contribution in [3.05, 3.63) is 23.8 Å². The smallest absolute Gasteiger partial charge is 0.272 e. The zero-order valence-electron chi connectivity index (χ0n) is 13.1. The van der Waals surface area contributed by atoms with E-state index >= 15 is 0 Å². The van der Waals surface area contributed by atoms with E-state index in [0.717, 1.165) is 31.2 Å². The molecule has 0 radical (unpaired) electrons. The summed E-state index contributed by atoms with van der Waals surface area (Å²) in [5.74, 6) is 1.22. The predicted octanol–water partition coefficient (Wildman–Crippen LogP) is 2.67. The third-order valence-corrected chi connectivity index (χ3v) is 4.44. The molecule has 0 atom stereocenters. The van der Waals surface area contributed by atoms with Gasteiger partial charge < -0.3 is 14.8 Å². The average molecular weight is 302 g/mol. The third-order valence-electron chi connectivity index (χ3n) is 4.44. The Labute approximate surface area is 130 Å². The molecule has 1 saturated carbocycles. The second kappa shape index (κ2) is 5.99. The van der Waals surface area contributed by atoms with Gasteiger partial charge in [-0.3, -0.25) is 9.79 Å². The molecular formula is C17H22N2O3. The first-order valence-electron chi connectivity index (χ1n) is 7.82. The van der Waals surface area contributed by atoms with Crippen molar-refractivity contribution in [2.75, 3.05) is 14.2 Å². The first kappa shape index (κ1) is 14.9. The van der Waals surface area contributed by atoms with Crippen LogP contribution in [0.2, 0.25) is 0 Å². The van der Waals surface area contributed by atoms with Crippen LogP contribution in [0.5, 0.6) is 11.5 Å². The number of amides is 1. The Hall–Kier alpha value is -2.04. The second-order valence-corrected chi connectivity index (χ2v) is 5.96. The van der Waals surface area contributed by atoms with Gasteiger partial charge in [0.05, 0.1) is 14.2 Å². The molecule has 0 aromatic heterocycles. The van der Waals surface area contributed by atoms with Crippen molar-refractivity contribution in [2.45, 2.75) is 44.2 Å². The molecule has 5 nitrogen and oxygen atoms in total. The van der Waals surface area contributed by atoms with Gasteiger partial charge in [0, 0.05) is 11.6 Å². The van der Waals surface area contributed by atoms with E-state index in [-0.39, 0.29) is 5.91 Å². The first-order chi connectivity index (χ1) is 10.7. The molecule has 1 aliphatic heterocycles. The monoisotopic (exact) mass is 302 g/mol. The average Bonchev–Trinajstić information content (AvgIpc) is 2.71. The van der Waals surface area contributed by atoms with Gasteiger partial charge in [0.25, 0.3) is 5.91 Å². The van der Waals surface area contributed by atoms with E-state index in [1.54, 1.807) is 20.3 Å². The summed E-state index contributed by atoms with van der Waals surface area (Å²) < 4.78 is 10.6. The molecule has 1 amide bonds. The molecule has 1 fully saturated rings. The second-order valence-electron chi connectivity index (χ2n) is 5.96. The summed E-state index contributed by atoms with van der Waals surface area (Å²) in [7, 11) is 3.20. The number of rotatable bonds is 3. The van der Waals surface area contributed by atoms with Gasteiger partial charge in [0.15, 0.2) is 0 Å². The van der Waals surface area contributed by atoms with Gasteiger partial charge >= 0.3 is 0 Å². The van der Waals surface area contributed by atoms with Gasteiger partial charge in [-0.25, -0.2) is 0 Å². The molecule has 1 aromatic carbocycles. The summed E-state index contributed by atoms with van der Waals surface area (Å²) in [5.41, 5.74) is 0.827. The lowest BCUT2D eigenvalue weighted by atomic mass is 10.0. The minimum atomic E-state index is -0.404. The number of hydrogen-bond donors (Lipinski definition) is 1. The zero-order valence-corrected chi connectivity index (χ0v) is 13.1. The number of carbonyl (C=O) groups is 1. The normalized spacial score (nSPS) is 20.3. The molecule has 5 heteroatoms. The minimum Gasteiger partial charge on any atom is -0.497 e. The van der Waals surface area contributed by atoms with Crippen molar-refractivity contribution in [3.8, 4) is 11.5 Å². The first-order valence-corrected chi connectivity index (χ1v) is 7.82. The SMILES string of the molecule is COc1cc(OC)cc(C2=NC3(CCCCCC3)NC2=O)c1. The van der Waals surface area contributed by atoms with E-state index in [0.29, 0.717) is 17.2 Å². The fourth-order valence-electron chi connectivity index (χ4n) is 3.25. The highest BCUT2D eigenvalue weighted by atomic mass is 16.5. The maximum absolute atomic E-state index is 12.4. The summed E-state index contributed by atoms with van der Waals surface area (Å²) in [6.07, 6.45) is 6.49. The molecule has 1 spiro atoms. The molecule has 0 bridgehead atoms. The zero-order chi connectivity index (χ0) is 15.6. The van der Waals surface area contributed by atoms with Gasteiger partial charge in [-0.2, -0.15) is 0 Å². The standard InChI is InChI=1S/C17H22N2O3/c1-21-13-9-12(10-14(11-13)22-2)15-16(20)19-17(18-15)7-5-3-4-6-8-17/h9-11H,3-8H2,1-2H3,(H,19,20). The number of nitrogens with one attached hydrogen (secondary N) is 1. The molecule has 22 heavy (non-hydrogen) atoms. The van der Waals surface area contributed by atoms with Crippen molar-refractivity contribution in [1.82, 2.24) is 5.32 Å². The van der Waals surface area contributed by atoms with Crippen LogP contribution in [0.1, 0.15) is 44.1 Å². The lowest BCUT2D eigenvalue weighted by Crippen LogP contribution is -2.42. The summed E-state index contributed by atoms with van der Waals surface area (Å²) >= 11 is 0. The van der Waals surface area contributed by atoms with E-state index in [1.165, 1.54) is 12.8 Å². The predicted molar refractivity (Wildman–Crippen MR) is 84.7 cm³/mol. The highest BCUT2D eigenvalue weighted by Crippen LogP contribution is 2.33. The van der Waals surface area contributed by atoms with Crippen LogP contribution in [-0.2, 0) is 4.79 Å².